The van der Waals surface area contributed by atoms with Gasteiger partial charge < -0.3 is 5.32 Å². The number of hydrogen-bond donors (Lipinski definition) is 1. The van der Waals surface area contributed by atoms with Gasteiger partial charge in [-0.2, -0.15) is 0 Å². The highest BCUT2D eigenvalue weighted by atomic mass is 14.9. The molecule has 0 amide bonds. The molecule has 1 nitrogen and oxygen atoms in total. The Morgan fingerprint density at radius 1 is 1.11 bits per heavy atom. The van der Waals surface area contributed by atoms with Crippen LogP contribution in [0.4, 0.5) is 0 Å². The minimum absolute atomic E-state index is 0.579. The van der Waals surface area contributed by atoms with Crippen LogP contribution in [-0.4, -0.2) is 12.6 Å². The van der Waals surface area contributed by atoms with Gasteiger partial charge in [0.1, 0.15) is 0 Å². The zero-order valence-corrected chi connectivity index (χ0v) is 12.8. The lowest BCUT2D eigenvalue weighted by Gasteiger charge is -2.47. The van der Waals surface area contributed by atoms with E-state index in [2.05, 4.69) is 26.1 Å². The second-order valence-corrected chi connectivity index (χ2v) is 7.28. The first-order chi connectivity index (χ1) is 8.65. The second kappa shape index (κ2) is 6.41. The van der Waals surface area contributed by atoms with E-state index in [0.29, 0.717) is 5.41 Å². The first-order valence-electron chi connectivity index (χ1n) is 8.39. The van der Waals surface area contributed by atoms with Gasteiger partial charge in [-0.1, -0.05) is 52.9 Å². The van der Waals surface area contributed by atoms with Crippen LogP contribution in [0.3, 0.4) is 0 Å². The summed E-state index contributed by atoms with van der Waals surface area (Å²) in [5.74, 6) is 1.90. The molecule has 0 aromatic rings. The predicted octanol–water partition coefficient (Wildman–Crippen LogP) is 4.76. The Balaban J connectivity index is 2.05. The molecule has 1 N–H and O–H groups in total. The quantitative estimate of drug-likeness (QED) is 0.759. The van der Waals surface area contributed by atoms with Crippen molar-refractivity contribution in [2.24, 2.45) is 17.3 Å². The van der Waals surface area contributed by atoms with Crippen LogP contribution in [0.2, 0.25) is 0 Å². The van der Waals surface area contributed by atoms with E-state index in [4.69, 9.17) is 0 Å². The maximum absolute atomic E-state index is 3.88. The normalized spacial score (nSPS) is 34.2. The molecule has 0 aromatic heterocycles. The molecule has 1 heteroatoms. The molecule has 0 heterocycles. The van der Waals surface area contributed by atoms with E-state index < -0.39 is 0 Å². The molecule has 0 spiro atoms. The van der Waals surface area contributed by atoms with Gasteiger partial charge in [0.25, 0.3) is 0 Å². The maximum Gasteiger partial charge on any atom is 0.0149 e. The zero-order chi connectivity index (χ0) is 13.0. The lowest BCUT2D eigenvalue weighted by molar-refractivity contribution is 0.0766. The first kappa shape index (κ1) is 14.4. The summed E-state index contributed by atoms with van der Waals surface area (Å²) in [6, 6.07) is 0.783. The highest BCUT2D eigenvalue weighted by Crippen LogP contribution is 2.45. The summed E-state index contributed by atoms with van der Waals surface area (Å²) in [7, 11) is 0. The van der Waals surface area contributed by atoms with E-state index in [0.717, 1.165) is 24.4 Å². The molecule has 2 fully saturated rings. The molecule has 2 aliphatic carbocycles. The third-order valence-electron chi connectivity index (χ3n) is 5.62. The molecule has 2 saturated carbocycles. The maximum atomic E-state index is 3.88. The van der Waals surface area contributed by atoms with Crippen LogP contribution in [0.5, 0.6) is 0 Å². The Bertz CT molecular complexity index is 242. The van der Waals surface area contributed by atoms with Gasteiger partial charge in [-0.3, -0.25) is 0 Å². The summed E-state index contributed by atoms with van der Waals surface area (Å²) in [4.78, 5) is 0. The molecule has 2 rings (SSSR count). The van der Waals surface area contributed by atoms with Gasteiger partial charge in [-0.25, -0.2) is 0 Å². The topological polar surface area (TPSA) is 12.0 Å². The van der Waals surface area contributed by atoms with Gasteiger partial charge in [0.2, 0.25) is 0 Å². The summed E-state index contributed by atoms with van der Waals surface area (Å²) < 4.78 is 0. The molecule has 0 bridgehead atoms. The Kier molecular flexibility index (Phi) is 5.12. The van der Waals surface area contributed by atoms with Crippen molar-refractivity contribution in [3.05, 3.63) is 0 Å². The number of hydrogen-bond acceptors (Lipinski definition) is 1. The van der Waals surface area contributed by atoms with Crippen LogP contribution in [0.1, 0.15) is 78.6 Å². The Labute approximate surface area is 114 Å². The van der Waals surface area contributed by atoms with Crippen molar-refractivity contribution in [1.29, 1.82) is 0 Å². The third kappa shape index (κ3) is 3.29. The SMILES string of the molecule is CCNC(C1CCCC(C)C1)C1(C)CCCCC1. The molecular weight excluding hydrogens is 218 g/mol. The molecule has 0 saturated heterocycles. The fraction of sp³-hybridized carbons (Fsp3) is 1.00. The summed E-state index contributed by atoms with van der Waals surface area (Å²) in [5.41, 5.74) is 0.579. The largest absolute Gasteiger partial charge is 0.313 e. The monoisotopic (exact) mass is 251 g/mol. The van der Waals surface area contributed by atoms with E-state index in [1.54, 1.807) is 0 Å². The van der Waals surface area contributed by atoms with E-state index in [1.807, 2.05) is 0 Å². The van der Waals surface area contributed by atoms with Gasteiger partial charge in [0.05, 0.1) is 0 Å². The lowest BCUT2D eigenvalue weighted by atomic mass is 9.63. The minimum atomic E-state index is 0.579. The molecule has 0 radical (unpaired) electrons. The van der Waals surface area contributed by atoms with E-state index in [1.165, 1.54) is 57.8 Å². The minimum Gasteiger partial charge on any atom is -0.313 e. The van der Waals surface area contributed by atoms with Crippen LogP contribution < -0.4 is 5.32 Å². The molecule has 0 aliphatic heterocycles. The predicted molar refractivity (Wildman–Crippen MR) is 79.8 cm³/mol. The Hall–Kier alpha value is -0.0400. The summed E-state index contributed by atoms with van der Waals surface area (Å²) in [6.07, 6.45) is 13.2. The molecular formula is C17H33N. The summed E-state index contributed by atoms with van der Waals surface area (Å²) in [5, 5.41) is 3.88. The smallest absolute Gasteiger partial charge is 0.0149 e. The molecule has 18 heavy (non-hydrogen) atoms. The zero-order valence-electron chi connectivity index (χ0n) is 12.8. The molecule has 3 atom stereocenters. The van der Waals surface area contributed by atoms with Gasteiger partial charge in [-0.05, 0) is 49.5 Å². The van der Waals surface area contributed by atoms with Crippen molar-refractivity contribution in [3.8, 4) is 0 Å². The van der Waals surface area contributed by atoms with E-state index in [-0.39, 0.29) is 0 Å². The number of nitrogens with one attached hydrogen (secondary N) is 1. The number of rotatable bonds is 4. The third-order valence-corrected chi connectivity index (χ3v) is 5.62. The van der Waals surface area contributed by atoms with Gasteiger partial charge in [-0.15, -0.1) is 0 Å². The van der Waals surface area contributed by atoms with Crippen molar-refractivity contribution < 1.29 is 0 Å². The van der Waals surface area contributed by atoms with Crippen LogP contribution in [0.25, 0.3) is 0 Å². The van der Waals surface area contributed by atoms with Crippen molar-refractivity contribution in [1.82, 2.24) is 5.32 Å². The first-order valence-corrected chi connectivity index (χ1v) is 8.39. The van der Waals surface area contributed by atoms with Crippen LogP contribution in [0, 0.1) is 17.3 Å². The Morgan fingerprint density at radius 3 is 2.44 bits per heavy atom. The van der Waals surface area contributed by atoms with Crippen LogP contribution in [-0.2, 0) is 0 Å². The fourth-order valence-corrected chi connectivity index (χ4v) is 4.66. The summed E-state index contributed by atoms with van der Waals surface area (Å²) >= 11 is 0. The summed E-state index contributed by atoms with van der Waals surface area (Å²) in [6.45, 7) is 8.45. The van der Waals surface area contributed by atoms with Gasteiger partial charge in [0, 0.05) is 6.04 Å². The second-order valence-electron chi connectivity index (χ2n) is 7.28. The molecule has 3 unspecified atom stereocenters. The molecule has 0 aromatic carbocycles. The highest BCUT2D eigenvalue weighted by molar-refractivity contribution is 4.95. The Morgan fingerprint density at radius 2 is 1.83 bits per heavy atom. The van der Waals surface area contributed by atoms with E-state index >= 15 is 0 Å². The standard InChI is InChI=1S/C17H33N/c1-4-18-16(15-10-8-9-14(2)13-15)17(3)11-6-5-7-12-17/h14-16,18H,4-13H2,1-3H3. The van der Waals surface area contributed by atoms with Gasteiger partial charge in [0.15, 0.2) is 0 Å². The lowest BCUT2D eigenvalue weighted by Crippen LogP contribution is -2.50. The average molecular weight is 251 g/mol. The van der Waals surface area contributed by atoms with Crippen molar-refractivity contribution in [2.75, 3.05) is 6.54 Å². The van der Waals surface area contributed by atoms with Crippen LogP contribution >= 0.6 is 0 Å². The van der Waals surface area contributed by atoms with Crippen molar-refractivity contribution in [3.63, 3.8) is 0 Å². The van der Waals surface area contributed by atoms with Crippen LogP contribution in [0.15, 0.2) is 0 Å². The van der Waals surface area contributed by atoms with Gasteiger partial charge >= 0.3 is 0 Å². The average Bonchev–Trinajstić information content (AvgIpc) is 2.36. The highest BCUT2D eigenvalue weighted by Gasteiger charge is 2.40. The van der Waals surface area contributed by atoms with Crippen molar-refractivity contribution >= 4 is 0 Å². The molecule has 2 aliphatic rings. The van der Waals surface area contributed by atoms with Crippen molar-refractivity contribution in [2.45, 2.75) is 84.6 Å². The van der Waals surface area contributed by atoms with E-state index in [9.17, 15) is 0 Å². The fourth-order valence-electron chi connectivity index (χ4n) is 4.66. The molecule has 106 valence electrons.